The van der Waals surface area contributed by atoms with E-state index in [1.807, 2.05) is 0 Å². The number of rotatable bonds is 4. The molecule has 2 aliphatic heterocycles. The molecule has 27 heavy (non-hydrogen) atoms. The molecule has 0 saturated carbocycles. The van der Waals surface area contributed by atoms with Crippen molar-refractivity contribution in [2.75, 3.05) is 6.54 Å². The molecule has 0 unspecified atom stereocenters. The number of esters is 1. The van der Waals surface area contributed by atoms with E-state index < -0.39 is 35.8 Å². The topological polar surface area (TPSA) is 139 Å². The van der Waals surface area contributed by atoms with Gasteiger partial charge in [0.1, 0.15) is 11.9 Å². The molecule has 2 heterocycles. The van der Waals surface area contributed by atoms with Crippen LogP contribution in [0.1, 0.15) is 40.0 Å². The number of nitrogens with zero attached hydrogens (tertiary/aromatic N) is 3. The van der Waals surface area contributed by atoms with Crippen LogP contribution in [0.3, 0.4) is 0 Å². The van der Waals surface area contributed by atoms with Crippen LogP contribution in [-0.4, -0.2) is 47.5 Å². The Labute approximate surface area is 153 Å². The fraction of sp³-hybridized carbons (Fsp3) is 0.389. The van der Waals surface area contributed by atoms with Gasteiger partial charge in [-0.15, -0.1) is 0 Å². The Hall–Kier alpha value is -3.16. The van der Waals surface area contributed by atoms with Crippen molar-refractivity contribution in [3.05, 3.63) is 50.9 Å². The zero-order valence-corrected chi connectivity index (χ0v) is 14.1. The molecule has 1 aliphatic carbocycles. The third-order valence-electron chi connectivity index (χ3n) is 4.99. The molecule has 1 fully saturated rings. The molecule has 138 valence electrons. The van der Waals surface area contributed by atoms with Crippen molar-refractivity contribution >= 4 is 17.5 Å². The first-order chi connectivity index (χ1) is 13.0. The molecule has 3 atom stereocenters. The molecule has 0 spiro atoms. The van der Waals surface area contributed by atoms with Crippen molar-refractivity contribution in [2.45, 2.75) is 37.6 Å². The molecule has 0 bridgehead atoms. The molecule has 1 aromatic carbocycles. The number of aromatic hydroxyl groups is 1. The zero-order chi connectivity index (χ0) is 19.1. The SMILES string of the molecule is [N-]=[N+]=NCCC[C@@H]1O[C@@H]2CC(=O)O[C@@H]2C2=C1C(=O)c1c(O)cccc1C2=O. The smallest absolute Gasteiger partial charge is 0.309 e. The standard InChI is InChI=1S/C18H15N3O6/c19-21-20-6-2-5-10-14-15(18-11(26-10)7-12(23)27-18)16(24)8-3-1-4-9(22)13(8)17(14)25/h1,3-4,10-11,18,22H,2,5-7H2/t10-,11+,18-/m0/s1. The maximum Gasteiger partial charge on any atom is 0.309 e. The van der Waals surface area contributed by atoms with Gasteiger partial charge in [-0.3, -0.25) is 14.4 Å². The van der Waals surface area contributed by atoms with E-state index in [1.54, 1.807) is 0 Å². The maximum absolute atomic E-state index is 13.1. The van der Waals surface area contributed by atoms with Gasteiger partial charge in [-0.25, -0.2) is 0 Å². The normalized spacial score (nSPS) is 26.1. The average molecular weight is 369 g/mol. The van der Waals surface area contributed by atoms with Gasteiger partial charge in [0.05, 0.1) is 23.7 Å². The zero-order valence-electron chi connectivity index (χ0n) is 14.1. The molecule has 0 aromatic heterocycles. The monoisotopic (exact) mass is 369 g/mol. The number of carbonyl (C=O) groups is 3. The number of fused-ring (bicyclic) bond motifs is 3. The number of hydrogen-bond donors (Lipinski definition) is 1. The van der Waals surface area contributed by atoms with Gasteiger partial charge in [-0.2, -0.15) is 0 Å². The Morgan fingerprint density at radius 1 is 1.22 bits per heavy atom. The fourth-order valence-corrected chi connectivity index (χ4v) is 3.88. The lowest BCUT2D eigenvalue weighted by Crippen LogP contribution is -2.45. The molecule has 1 saturated heterocycles. The van der Waals surface area contributed by atoms with Crippen molar-refractivity contribution in [3.63, 3.8) is 0 Å². The van der Waals surface area contributed by atoms with Crippen molar-refractivity contribution in [1.29, 1.82) is 0 Å². The van der Waals surface area contributed by atoms with Crippen molar-refractivity contribution in [2.24, 2.45) is 5.11 Å². The van der Waals surface area contributed by atoms with E-state index >= 15 is 0 Å². The second-order valence-electron chi connectivity index (χ2n) is 6.56. The van der Waals surface area contributed by atoms with Gasteiger partial charge in [0.25, 0.3) is 0 Å². The van der Waals surface area contributed by atoms with Crippen LogP contribution in [-0.2, 0) is 14.3 Å². The summed E-state index contributed by atoms with van der Waals surface area (Å²) in [5.41, 5.74) is 8.68. The summed E-state index contributed by atoms with van der Waals surface area (Å²) in [4.78, 5) is 40.6. The molecule has 9 heteroatoms. The van der Waals surface area contributed by atoms with Crippen molar-refractivity contribution in [3.8, 4) is 5.75 Å². The highest BCUT2D eigenvalue weighted by Gasteiger charge is 2.52. The number of ether oxygens (including phenoxy) is 2. The van der Waals surface area contributed by atoms with Gasteiger partial charge in [0.2, 0.25) is 0 Å². The summed E-state index contributed by atoms with van der Waals surface area (Å²) in [5, 5.41) is 13.6. The first-order valence-electron chi connectivity index (χ1n) is 8.54. The van der Waals surface area contributed by atoms with Crippen LogP contribution in [0, 0.1) is 0 Å². The molecule has 1 N–H and O–H groups in total. The second-order valence-corrected chi connectivity index (χ2v) is 6.56. The number of benzene rings is 1. The van der Waals surface area contributed by atoms with Crippen molar-refractivity contribution in [1.82, 2.24) is 0 Å². The summed E-state index contributed by atoms with van der Waals surface area (Å²) in [6, 6.07) is 4.30. The average Bonchev–Trinajstić information content (AvgIpc) is 3.02. The second kappa shape index (κ2) is 6.53. The molecule has 1 aromatic rings. The Morgan fingerprint density at radius 3 is 2.81 bits per heavy atom. The molecule has 9 nitrogen and oxygen atoms in total. The number of carbonyl (C=O) groups excluding carboxylic acids is 3. The third kappa shape index (κ3) is 2.68. The van der Waals surface area contributed by atoms with E-state index in [-0.39, 0.29) is 41.0 Å². The summed E-state index contributed by atoms with van der Waals surface area (Å²) in [6.45, 7) is 0.215. The number of hydrogen-bond acceptors (Lipinski definition) is 7. The van der Waals surface area contributed by atoms with Crippen LogP contribution in [0.25, 0.3) is 10.4 Å². The lowest BCUT2D eigenvalue weighted by molar-refractivity contribution is -0.140. The van der Waals surface area contributed by atoms with Crippen LogP contribution in [0.4, 0.5) is 0 Å². The quantitative estimate of drug-likeness (QED) is 0.284. The third-order valence-corrected chi connectivity index (χ3v) is 4.99. The van der Waals surface area contributed by atoms with Crippen LogP contribution in [0.5, 0.6) is 5.75 Å². The number of azide groups is 1. The van der Waals surface area contributed by atoms with E-state index in [0.29, 0.717) is 12.8 Å². The molecular formula is C18H15N3O6. The summed E-state index contributed by atoms with van der Waals surface area (Å²) in [5.74, 6) is -1.72. The van der Waals surface area contributed by atoms with E-state index in [1.165, 1.54) is 18.2 Å². The predicted octanol–water partition coefficient (Wildman–Crippen LogP) is 2.24. The highest BCUT2D eigenvalue weighted by atomic mass is 16.6. The fourth-order valence-electron chi connectivity index (χ4n) is 3.88. The Bertz CT molecular complexity index is 946. The number of ketones is 2. The van der Waals surface area contributed by atoms with E-state index in [9.17, 15) is 19.5 Å². The Balaban J connectivity index is 1.80. The maximum atomic E-state index is 13.1. The first kappa shape index (κ1) is 17.3. The summed E-state index contributed by atoms with van der Waals surface area (Å²) < 4.78 is 11.2. The van der Waals surface area contributed by atoms with Gasteiger partial charge in [0.15, 0.2) is 17.7 Å². The highest BCUT2D eigenvalue weighted by Crippen LogP contribution is 2.43. The molecular weight excluding hydrogens is 354 g/mol. The predicted molar refractivity (Wildman–Crippen MR) is 90.2 cm³/mol. The van der Waals surface area contributed by atoms with Crippen LogP contribution >= 0.6 is 0 Å². The summed E-state index contributed by atoms with van der Waals surface area (Å²) in [6.07, 6.45) is -1.54. The highest BCUT2D eigenvalue weighted by molar-refractivity contribution is 6.29. The Kier molecular flexibility index (Phi) is 4.18. The first-order valence-corrected chi connectivity index (χ1v) is 8.54. The number of phenols is 1. The van der Waals surface area contributed by atoms with Crippen LogP contribution in [0.15, 0.2) is 34.5 Å². The molecule has 3 aliphatic rings. The summed E-state index contributed by atoms with van der Waals surface area (Å²) >= 11 is 0. The summed E-state index contributed by atoms with van der Waals surface area (Å²) in [7, 11) is 0. The Morgan fingerprint density at radius 2 is 2.04 bits per heavy atom. The molecule has 4 rings (SSSR count). The van der Waals surface area contributed by atoms with Gasteiger partial charge in [-0.1, -0.05) is 17.2 Å². The van der Waals surface area contributed by atoms with Crippen LogP contribution < -0.4 is 0 Å². The van der Waals surface area contributed by atoms with E-state index in [2.05, 4.69) is 10.0 Å². The molecule has 0 amide bonds. The minimum Gasteiger partial charge on any atom is -0.507 e. The number of Topliss-reactive ketones (excluding diaryl/α,β-unsaturated/α-hetero) is 2. The lowest BCUT2D eigenvalue weighted by Gasteiger charge is -2.36. The largest absolute Gasteiger partial charge is 0.507 e. The van der Waals surface area contributed by atoms with Gasteiger partial charge in [-0.05, 0) is 24.4 Å². The van der Waals surface area contributed by atoms with Crippen molar-refractivity contribution < 1.29 is 29.0 Å². The van der Waals surface area contributed by atoms with E-state index in [4.69, 9.17) is 15.0 Å². The van der Waals surface area contributed by atoms with Gasteiger partial charge >= 0.3 is 5.97 Å². The lowest BCUT2D eigenvalue weighted by atomic mass is 9.76. The van der Waals surface area contributed by atoms with Gasteiger partial charge in [0, 0.05) is 22.6 Å². The van der Waals surface area contributed by atoms with Crippen LogP contribution in [0.2, 0.25) is 0 Å². The van der Waals surface area contributed by atoms with E-state index in [0.717, 1.165) is 0 Å². The minimum atomic E-state index is -0.923. The minimum absolute atomic E-state index is 0.00264. The van der Waals surface area contributed by atoms with Gasteiger partial charge < -0.3 is 14.6 Å². The number of phenolic OH excluding ortho intramolecular Hbond substituents is 1. The molecule has 0 radical (unpaired) electrons.